The predicted molar refractivity (Wildman–Crippen MR) is 72.7 cm³/mol. The summed E-state index contributed by atoms with van der Waals surface area (Å²) in [6.07, 6.45) is 1.14. The number of imidazole rings is 1. The minimum Gasteiger partial charge on any atom is -0.477 e. The summed E-state index contributed by atoms with van der Waals surface area (Å²) in [6, 6.07) is 4.94. The van der Waals surface area contributed by atoms with Crippen LogP contribution in [0.5, 0.6) is 0 Å². The van der Waals surface area contributed by atoms with Crippen LogP contribution in [0.3, 0.4) is 0 Å². The molecule has 98 valence electrons. The number of halogens is 2. The number of anilines is 1. The van der Waals surface area contributed by atoms with Gasteiger partial charge in [-0.25, -0.2) is 9.78 Å². The number of benzene rings is 1. The number of hydrogen-bond acceptors (Lipinski definition) is 3. The molecule has 0 aliphatic carbocycles. The number of aromatic carboxylic acids is 1. The summed E-state index contributed by atoms with van der Waals surface area (Å²) in [5.41, 5.74) is -0.0353. The standard InChI is InChI=1S/C11H7BrClN3O3/c12-7-5(13)2-1-3-6(7)16-10(17)8-9(11(18)19)15-4-14-8/h1-4H,(H,14,15)(H,16,17)(H,18,19). The molecule has 0 unspecified atom stereocenters. The van der Waals surface area contributed by atoms with E-state index in [1.54, 1.807) is 18.2 Å². The molecule has 8 heteroatoms. The van der Waals surface area contributed by atoms with Crippen molar-refractivity contribution in [3.63, 3.8) is 0 Å². The van der Waals surface area contributed by atoms with Gasteiger partial charge in [-0.2, -0.15) is 0 Å². The van der Waals surface area contributed by atoms with Gasteiger partial charge in [0.25, 0.3) is 5.91 Å². The number of carboxylic acids is 1. The number of carbonyl (C=O) groups excluding carboxylic acids is 1. The van der Waals surface area contributed by atoms with Crippen LogP contribution >= 0.6 is 27.5 Å². The lowest BCUT2D eigenvalue weighted by molar-refractivity contribution is 0.0686. The molecule has 1 aromatic heterocycles. The first-order valence-electron chi connectivity index (χ1n) is 5.02. The van der Waals surface area contributed by atoms with Crippen molar-refractivity contribution in [3.05, 3.63) is 45.4 Å². The molecule has 3 N–H and O–H groups in total. The molecule has 0 atom stereocenters. The quantitative estimate of drug-likeness (QED) is 0.798. The van der Waals surface area contributed by atoms with E-state index in [1.807, 2.05) is 0 Å². The third-order valence-electron chi connectivity index (χ3n) is 2.27. The Bertz CT molecular complexity index is 656. The third-order valence-corrected chi connectivity index (χ3v) is 3.67. The van der Waals surface area contributed by atoms with Crippen LogP contribution in [0, 0.1) is 0 Å². The highest BCUT2D eigenvalue weighted by molar-refractivity contribution is 9.10. The molecule has 1 amide bonds. The molecule has 2 aromatic rings. The van der Waals surface area contributed by atoms with E-state index >= 15 is 0 Å². The number of aromatic nitrogens is 2. The summed E-state index contributed by atoms with van der Waals surface area (Å²) in [7, 11) is 0. The van der Waals surface area contributed by atoms with Crippen molar-refractivity contribution in [2.75, 3.05) is 5.32 Å². The van der Waals surface area contributed by atoms with Gasteiger partial charge in [0.05, 0.1) is 21.5 Å². The summed E-state index contributed by atoms with van der Waals surface area (Å²) >= 11 is 9.12. The number of H-pyrrole nitrogens is 1. The van der Waals surface area contributed by atoms with Gasteiger partial charge in [0.1, 0.15) is 0 Å². The highest BCUT2D eigenvalue weighted by Crippen LogP contribution is 2.30. The molecule has 19 heavy (non-hydrogen) atoms. The lowest BCUT2D eigenvalue weighted by Gasteiger charge is -2.07. The zero-order valence-electron chi connectivity index (χ0n) is 9.28. The fraction of sp³-hybridized carbons (Fsp3) is 0. The summed E-state index contributed by atoms with van der Waals surface area (Å²) in [6.45, 7) is 0. The van der Waals surface area contributed by atoms with Crippen LogP contribution in [0.15, 0.2) is 29.0 Å². The molecule has 0 aliphatic rings. The van der Waals surface area contributed by atoms with Gasteiger partial charge in [-0.1, -0.05) is 17.7 Å². The summed E-state index contributed by atoms with van der Waals surface area (Å²) < 4.78 is 0.512. The lowest BCUT2D eigenvalue weighted by atomic mass is 10.2. The van der Waals surface area contributed by atoms with E-state index < -0.39 is 11.9 Å². The molecule has 0 saturated carbocycles. The van der Waals surface area contributed by atoms with Gasteiger partial charge in [0.15, 0.2) is 11.4 Å². The molecule has 0 fully saturated rings. The number of nitrogens with one attached hydrogen (secondary N) is 2. The van der Waals surface area contributed by atoms with Crippen molar-refractivity contribution in [2.24, 2.45) is 0 Å². The number of nitrogens with zero attached hydrogens (tertiary/aromatic N) is 1. The average molecular weight is 345 g/mol. The first kappa shape index (κ1) is 13.6. The maximum atomic E-state index is 11.9. The van der Waals surface area contributed by atoms with Crippen LogP contribution in [0.2, 0.25) is 5.02 Å². The number of rotatable bonds is 3. The molecule has 0 spiro atoms. The van der Waals surface area contributed by atoms with Crippen LogP contribution in [-0.2, 0) is 0 Å². The van der Waals surface area contributed by atoms with E-state index in [1.165, 1.54) is 0 Å². The number of carboxylic acid groups (broad SMARTS) is 1. The molecule has 0 radical (unpaired) electrons. The highest BCUT2D eigenvalue weighted by atomic mass is 79.9. The molecule has 1 aromatic carbocycles. The van der Waals surface area contributed by atoms with Gasteiger partial charge in [-0.15, -0.1) is 0 Å². The van der Waals surface area contributed by atoms with E-state index in [0.29, 0.717) is 15.2 Å². The molecular formula is C11H7BrClN3O3. The van der Waals surface area contributed by atoms with E-state index in [2.05, 4.69) is 31.2 Å². The zero-order valence-corrected chi connectivity index (χ0v) is 11.6. The first-order valence-corrected chi connectivity index (χ1v) is 6.20. The molecule has 1 heterocycles. The van der Waals surface area contributed by atoms with E-state index in [-0.39, 0.29) is 11.4 Å². The van der Waals surface area contributed by atoms with Crippen molar-refractivity contribution in [1.82, 2.24) is 9.97 Å². The molecule has 0 saturated heterocycles. The van der Waals surface area contributed by atoms with E-state index in [9.17, 15) is 9.59 Å². The minimum absolute atomic E-state index is 0.195. The topological polar surface area (TPSA) is 95.1 Å². The molecule has 6 nitrogen and oxygen atoms in total. The summed E-state index contributed by atoms with van der Waals surface area (Å²) in [5, 5.41) is 11.8. The molecule has 0 bridgehead atoms. The van der Waals surface area contributed by atoms with Crippen LogP contribution in [0.1, 0.15) is 21.0 Å². The Labute approximate surface area is 120 Å². The summed E-state index contributed by atoms with van der Waals surface area (Å²) in [4.78, 5) is 28.9. The van der Waals surface area contributed by atoms with Gasteiger partial charge < -0.3 is 15.4 Å². The number of hydrogen-bond donors (Lipinski definition) is 3. The van der Waals surface area contributed by atoms with Crippen molar-refractivity contribution < 1.29 is 14.7 Å². The smallest absolute Gasteiger partial charge is 0.354 e. The Hall–Kier alpha value is -1.86. The van der Waals surface area contributed by atoms with Crippen molar-refractivity contribution >= 4 is 45.1 Å². The summed E-state index contributed by atoms with van der Waals surface area (Å²) in [5.74, 6) is -1.89. The maximum absolute atomic E-state index is 11.9. The predicted octanol–water partition coefficient (Wildman–Crippen LogP) is 2.78. The Morgan fingerprint density at radius 1 is 1.42 bits per heavy atom. The molecular weight excluding hydrogens is 337 g/mol. The van der Waals surface area contributed by atoms with Gasteiger partial charge in [-0.3, -0.25) is 4.79 Å². The van der Waals surface area contributed by atoms with Gasteiger partial charge in [0.2, 0.25) is 0 Å². The Balaban J connectivity index is 2.29. The Morgan fingerprint density at radius 2 is 2.16 bits per heavy atom. The first-order chi connectivity index (χ1) is 9.00. The fourth-order valence-electron chi connectivity index (χ4n) is 1.41. The van der Waals surface area contributed by atoms with Gasteiger partial charge in [0, 0.05) is 0 Å². The number of aromatic amines is 1. The second-order valence-corrected chi connectivity index (χ2v) is 4.69. The van der Waals surface area contributed by atoms with Gasteiger partial charge in [-0.05, 0) is 28.1 Å². The SMILES string of the molecule is O=C(Nc1cccc(Cl)c1Br)c1nc[nH]c1C(=O)O. The second-order valence-electron chi connectivity index (χ2n) is 3.49. The highest BCUT2D eigenvalue weighted by Gasteiger charge is 2.20. The monoisotopic (exact) mass is 343 g/mol. The van der Waals surface area contributed by atoms with Crippen molar-refractivity contribution in [3.8, 4) is 0 Å². The van der Waals surface area contributed by atoms with Gasteiger partial charge >= 0.3 is 5.97 Å². The van der Waals surface area contributed by atoms with Crippen LogP contribution in [0.25, 0.3) is 0 Å². The Morgan fingerprint density at radius 3 is 2.84 bits per heavy atom. The second kappa shape index (κ2) is 5.41. The van der Waals surface area contributed by atoms with Crippen LogP contribution < -0.4 is 5.32 Å². The van der Waals surface area contributed by atoms with E-state index in [4.69, 9.17) is 16.7 Å². The average Bonchev–Trinajstić information content (AvgIpc) is 2.84. The van der Waals surface area contributed by atoms with Crippen LogP contribution in [-0.4, -0.2) is 27.0 Å². The van der Waals surface area contributed by atoms with Crippen molar-refractivity contribution in [2.45, 2.75) is 0 Å². The third kappa shape index (κ3) is 2.77. The van der Waals surface area contributed by atoms with E-state index in [0.717, 1.165) is 6.33 Å². The maximum Gasteiger partial charge on any atom is 0.354 e. The largest absolute Gasteiger partial charge is 0.477 e. The normalized spacial score (nSPS) is 10.2. The van der Waals surface area contributed by atoms with Crippen molar-refractivity contribution in [1.29, 1.82) is 0 Å². The zero-order chi connectivity index (χ0) is 14.0. The minimum atomic E-state index is -1.26. The molecule has 2 rings (SSSR count). The fourth-order valence-corrected chi connectivity index (χ4v) is 1.95. The number of carbonyl (C=O) groups is 2. The Kier molecular flexibility index (Phi) is 3.87. The number of amides is 1. The van der Waals surface area contributed by atoms with Crippen LogP contribution in [0.4, 0.5) is 5.69 Å². The lowest BCUT2D eigenvalue weighted by Crippen LogP contribution is -2.16. The molecule has 0 aliphatic heterocycles.